The second-order valence-corrected chi connectivity index (χ2v) is 12.0. The van der Waals surface area contributed by atoms with Crippen molar-refractivity contribution >= 4 is 60.9 Å². The number of nitrogens with zero attached hydrogens (tertiary/aromatic N) is 2. The van der Waals surface area contributed by atoms with Gasteiger partial charge in [0, 0.05) is 23.4 Å². The normalized spacial score (nSPS) is 11.5. The van der Waals surface area contributed by atoms with E-state index in [2.05, 4.69) is 6.07 Å². The summed E-state index contributed by atoms with van der Waals surface area (Å²) < 4.78 is 26.5. The molecule has 0 bridgehead atoms. The van der Waals surface area contributed by atoms with Crippen LogP contribution in [0.15, 0.2) is 63.7 Å². The summed E-state index contributed by atoms with van der Waals surface area (Å²) >= 11 is 13.1. The van der Waals surface area contributed by atoms with E-state index < -0.39 is 21.4 Å². The lowest BCUT2D eigenvalue weighted by molar-refractivity contribution is -0.116. The van der Waals surface area contributed by atoms with Crippen molar-refractivity contribution in [2.75, 3.05) is 5.75 Å². The average Bonchev–Trinajstić information content (AvgIpc) is 3.21. The number of fused-ring (bicyclic) bond motifs is 1. The fraction of sp³-hybridized carbons (Fsp3) is 0.125. The van der Waals surface area contributed by atoms with Crippen molar-refractivity contribution in [3.05, 3.63) is 91.1 Å². The number of Topliss-reactive ketones (excluding diaryl/α,β-unsaturated/α-hetero) is 1. The monoisotopic (exact) mass is 530 g/mol. The summed E-state index contributed by atoms with van der Waals surface area (Å²) in [4.78, 5) is 25.5. The Kier molecular flexibility index (Phi) is 6.65. The lowest BCUT2D eigenvalue weighted by atomic mass is 10.0. The van der Waals surface area contributed by atoms with Crippen LogP contribution < -0.4 is 5.56 Å². The first-order valence-corrected chi connectivity index (χ1v) is 13.2. The Hall–Kier alpha value is -2.96. The minimum Gasteiger partial charge on any atom is -0.298 e. The average molecular weight is 531 g/mol. The van der Waals surface area contributed by atoms with E-state index in [1.54, 1.807) is 30.3 Å². The molecule has 0 amide bonds. The molecule has 0 saturated heterocycles. The molecule has 0 aliphatic carbocycles. The first-order chi connectivity index (χ1) is 16.1. The number of ketones is 1. The maximum absolute atomic E-state index is 13.1. The number of carbonyl (C=O) groups is 1. The molecule has 0 atom stereocenters. The van der Waals surface area contributed by atoms with E-state index in [0.29, 0.717) is 31.9 Å². The number of thiophene rings is 1. The minimum absolute atomic E-state index is 0.0402. The summed E-state index contributed by atoms with van der Waals surface area (Å²) in [7, 11) is -3.78. The van der Waals surface area contributed by atoms with Crippen LogP contribution in [0.4, 0.5) is 0 Å². The Morgan fingerprint density at radius 1 is 1.09 bits per heavy atom. The molecule has 0 fully saturated rings. The molecule has 0 unspecified atom stereocenters. The smallest absolute Gasteiger partial charge is 0.263 e. The summed E-state index contributed by atoms with van der Waals surface area (Å²) in [5, 5.41) is 10.7. The molecule has 0 aliphatic rings. The first-order valence-electron chi connectivity index (χ1n) is 9.94. The number of nitriles is 1. The molecule has 172 valence electrons. The van der Waals surface area contributed by atoms with Gasteiger partial charge in [0.1, 0.15) is 16.0 Å². The van der Waals surface area contributed by atoms with Crippen molar-refractivity contribution < 1.29 is 13.2 Å². The van der Waals surface area contributed by atoms with Crippen LogP contribution in [0, 0.1) is 18.3 Å². The zero-order chi connectivity index (χ0) is 24.6. The van der Waals surface area contributed by atoms with Crippen molar-refractivity contribution in [2.45, 2.75) is 17.6 Å². The van der Waals surface area contributed by atoms with E-state index in [4.69, 9.17) is 23.2 Å². The third kappa shape index (κ3) is 4.79. The zero-order valence-corrected chi connectivity index (χ0v) is 20.9. The molecule has 34 heavy (non-hydrogen) atoms. The van der Waals surface area contributed by atoms with Crippen molar-refractivity contribution in [2.24, 2.45) is 0 Å². The van der Waals surface area contributed by atoms with Crippen LogP contribution in [0.25, 0.3) is 16.5 Å². The number of pyridine rings is 1. The van der Waals surface area contributed by atoms with Crippen LogP contribution in [0.2, 0.25) is 9.36 Å². The van der Waals surface area contributed by atoms with Gasteiger partial charge in [-0.15, -0.1) is 11.3 Å². The summed E-state index contributed by atoms with van der Waals surface area (Å²) in [6, 6.07) is 14.9. The summed E-state index contributed by atoms with van der Waals surface area (Å²) in [5.74, 6) is -1.16. The van der Waals surface area contributed by atoms with Crippen molar-refractivity contribution in [1.82, 2.24) is 4.57 Å². The zero-order valence-electron chi connectivity index (χ0n) is 17.7. The number of carbonyl (C=O) groups excluding carboxylic acids is 1. The Bertz CT molecular complexity index is 1660. The largest absolute Gasteiger partial charge is 0.298 e. The topological polar surface area (TPSA) is 97.0 Å². The molecule has 2 aromatic heterocycles. The van der Waals surface area contributed by atoms with E-state index in [9.17, 15) is 23.3 Å². The second kappa shape index (κ2) is 9.35. The Morgan fingerprint density at radius 3 is 2.50 bits per heavy atom. The number of sulfone groups is 1. The highest BCUT2D eigenvalue weighted by molar-refractivity contribution is 7.94. The highest BCUT2D eigenvalue weighted by Gasteiger charge is 2.22. The van der Waals surface area contributed by atoms with Gasteiger partial charge in [-0.05, 0) is 48.9 Å². The molecule has 2 aromatic carbocycles. The molecule has 0 spiro atoms. The van der Waals surface area contributed by atoms with Crippen LogP contribution in [0.3, 0.4) is 0 Å². The van der Waals surface area contributed by atoms with Crippen LogP contribution >= 0.6 is 34.5 Å². The number of hydrogen-bond donors (Lipinski definition) is 0. The third-order valence-electron chi connectivity index (χ3n) is 5.17. The van der Waals surface area contributed by atoms with Crippen LogP contribution in [0.1, 0.15) is 16.7 Å². The fourth-order valence-electron chi connectivity index (χ4n) is 3.60. The summed E-state index contributed by atoms with van der Waals surface area (Å²) in [6.07, 6.45) is 1.29. The van der Waals surface area contributed by atoms with Crippen LogP contribution in [0.5, 0.6) is 0 Å². The molecule has 2 heterocycles. The van der Waals surface area contributed by atoms with E-state index in [-0.39, 0.29) is 21.2 Å². The Balaban J connectivity index is 1.63. The van der Waals surface area contributed by atoms with E-state index in [1.807, 2.05) is 6.92 Å². The summed E-state index contributed by atoms with van der Waals surface area (Å²) in [5.41, 5.74) is 1.77. The van der Waals surface area contributed by atoms with E-state index >= 15 is 0 Å². The first kappa shape index (κ1) is 24.2. The van der Waals surface area contributed by atoms with Gasteiger partial charge in [0.15, 0.2) is 15.6 Å². The highest BCUT2D eigenvalue weighted by Crippen LogP contribution is 2.27. The van der Waals surface area contributed by atoms with E-state index in [0.717, 1.165) is 16.9 Å². The summed E-state index contributed by atoms with van der Waals surface area (Å²) in [6.45, 7) is 1.88. The maximum Gasteiger partial charge on any atom is 0.263 e. The molecule has 0 N–H and O–H groups in total. The molecule has 4 aromatic rings. The van der Waals surface area contributed by atoms with Gasteiger partial charge in [-0.3, -0.25) is 14.2 Å². The second-order valence-electron chi connectivity index (χ2n) is 7.70. The third-order valence-corrected chi connectivity index (χ3v) is 8.96. The lowest BCUT2D eigenvalue weighted by Crippen LogP contribution is -2.20. The minimum atomic E-state index is -3.78. The lowest BCUT2D eigenvalue weighted by Gasteiger charge is -2.12. The molecular weight excluding hydrogens is 515 g/mol. The highest BCUT2D eigenvalue weighted by atomic mass is 35.5. The van der Waals surface area contributed by atoms with Crippen LogP contribution in [-0.4, -0.2) is 24.5 Å². The Morgan fingerprint density at radius 2 is 1.85 bits per heavy atom. The predicted molar refractivity (Wildman–Crippen MR) is 134 cm³/mol. The molecule has 10 heteroatoms. The standard InChI is InChI=1S/C24H16Cl2N2O4S2/c1-14-2-4-18-19(8-14)16(11-27)12-28(24(18)30)21-5-3-15(10-20(21)25)9-17(29)13-34(31,32)23-7-6-22(26)33-23/h2-8,10,12H,9,13H2,1H3. The molecule has 0 radical (unpaired) electrons. The molecule has 6 nitrogen and oxygen atoms in total. The number of benzene rings is 2. The number of aryl methyl sites for hydroxylation is 1. The molecule has 4 rings (SSSR count). The SMILES string of the molecule is Cc1ccc2c(=O)n(-c3ccc(CC(=O)CS(=O)(=O)c4ccc(Cl)s4)cc3Cl)cc(C#N)c2c1. The Labute approximate surface area is 209 Å². The number of halogens is 2. The van der Waals surface area contributed by atoms with E-state index in [1.165, 1.54) is 29.0 Å². The van der Waals surface area contributed by atoms with Gasteiger partial charge in [-0.1, -0.05) is 40.9 Å². The number of hydrogen-bond acceptors (Lipinski definition) is 6. The predicted octanol–water partition coefficient (Wildman–Crippen LogP) is 5.12. The van der Waals surface area contributed by atoms with Gasteiger partial charge in [-0.2, -0.15) is 5.26 Å². The number of rotatable bonds is 6. The maximum atomic E-state index is 13.1. The quantitative estimate of drug-likeness (QED) is 0.344. The fourth-order valence-corrected chi connectivity index (χ4v) is 6.71. The van der Waals surface area contributed by atoms with Crippen molar-refractivity contribution in [3.8, 4) is 11.8 Å². The van der Waals surface area contributed by atoms with Gasteiger partial charge in [0.2, 0.25) is 0 Å². The van der Waals surface area contributed by atoms with Crippen LogP contribution in [-0.2, 0) is 21.1 Å². The number of aromatic nitrogens is 1. The van der Waals surface area contributed by atoms with Crippen molar-refractivity contribution in [3.63, 3.8) is 0 Å². The van der Waals surface area contributed by atoms with Gasteiger partial charge in [-0.25, -0.2) is 8.42 Å². The molecule has 0 aliphatic heterocycles. The van der Waals surface area contributed by atoms with Gasteiger partial charge in [0.05, 0.1) is 20.6 Å². The van der Waals surface area contributed by atoms with Gasteiger partial charge >= 0.3 is 0 Å². The van der Waals surface area contributed by atoms with Gasteiger partial charge in [0.25, 0.3) is 5.56 Å². The van der Waals surface area contributed by atoms with Crippen molar-refractivity contribution in [1.29, 1.82) is 5.26 Å². The molecular formula is C24H16Cl2N2O4S2. The molecule has 0 saturated carbocycles. The van der Waals surface area contributed by atoms with Gasteiger partial charge < -0.3 is 0 Å².